The van der Waals surface area contributed by atoms with Crippen LogP contribution in [0.4, 0.5) is 5.95 Å². The van der Waals surface area contributed by atoms with Crippen LogP contribution in [-0.2, 0) is 0 Å². The van der Waals surface area contributed by atoms with Gasteiger partial charge < -0.3 is 9.80 Å². The monoisotopic (exact) mass is 366 g/mol. The number of nitrogens with zero attached hydrogens (tertiary/aromatic N) is 6. The molecule has 7 nitrogen and oxygen atoms in total. The molecule has 0 spiro atoms. The van der Waals surface area contributed by atoms with Crippen molar-refractivity contribution in [3.63, 3.8) is 0 Å². The Balaban J connectivity index is 1.47. The lowest BCUT2D eigenvalue weighted by Crippen LogP contribution is -2.49. The first kappa shape index (κ1) is 16.6. The fraction of sp³-hybridized carbons (Fsp3) is 0.278. The second-order valence-electron chi connectivity index (χ2n) is 5.98. The maximum Gasteiger partial charge on any atom is 0.265 e. The minimum absolute atomic E-state index is 0.0378. The summed E-state index contributed by atoms with van der Waals surface area (Å²) in [6, 6.07) is 7.50. The van der Waals surface area contributed by atoms with E-state index < -0.39 is 0 Å². The number of carbonyl (C=O) groups excluding carboxylic acids is 1. The van der Waals surface area contributed by atoms with Crippen LogP contribution in [0.1, 0.15) is 15.4 Å². The van der Waals surface area contributed by atoms with Crippen LogP contribution >= 0.6 is 11.3 Å². The van der Waals surface area contributed by atoms with Crippen LogP contribution in [-0.4, -0.2) is 56.9 Å². The molecule has 1 saturated heterocycles. The van der Waals surface area contributed by atoms with Crippen LogP contribution in [0.2, 0.25) is 0 Å². The van der Waals surface area contributed by atoms with Crippen LogP contribution in [0, 0.1) is 6.92 Å². The Kier molecular flexibility index (Phi) is 4.57. The van der Waals surface area contributed by atoms with E-state index in [1.165, 1.54) is 11.3 Å². The highest BCUT2D eigenvalue weighted by Crippen LogP contribution is 2.27. The third kappa shape index (κ3) is 3.28. The van der Waals surface area contributed by atoms with Crippen molar-refractivity contribution in [2.24, 2.45) is 0 Å². The number of thiazole rings is 1. The first-order chi connectivity index (χ1) is 12.7. The maximum absolute atomic E-state index is 12.9. The summed E-state index contributed by atoms with van der Waals surface area (Å²) in [5.74, 6) is 0.752. The molecule has 0 aliphatic carbocycles. The van der Waals surface area contributed by atoms with E-state index in [1.807, 2.05) is 30.0 Å². The van der Waals surface area contributed by atoms with Gasteiger partial charge >= 0.3 is 0 Å². The van der Waals surface area contributed by atoms with E-state index in [9.17, 15) is 4.79 Å². The van der Waals surface area contributed by atoms with Crippen LogP contribution in [0.3, 0.4) is 0 Å². The molecule has 4 rings (SSSR count). The molecule has 3 aromatic rings. The molecular formula is C18H18N6OS. The number of aromatic nitrogens is 4. The molecular weight excluding hydrogens is 348 g/mol. The lowest BCUT2D eigenvalue weighted by Gasteiger charge is -2.34. The predicted octanol–water partition coefficient (Wildman–Crippen LogP) is 2.27. The number of rotatable bonds is 3. The summed E-state index contributed by atoms with van der Waals surface area (Å²) < 4.78 is 0. The highest BCUT2D eigenvalue weighted by molar-refractivity contribution is 7.17. The minimum atomic E-state index is 0.0378. The molecule has 1 fully saturated rings. The molecule has 0 N–H and O–H groups in total. The van der Waals surface area contributed by atoms with Crippen molar-refractivity contribution in [2.45, 2.75) is 6.92 Å². The van der Waals surface area contributed by atoms with E-state index >= 15 is 0 Å². The van der Waals surface area contributed by atoms with E-state index in [4.69, 9.17) is 0 Å². The molecule has 0 aromatic carbocycles. The quantitative estimate of drug-likeness (QED) is 0.708. The van der Waals surface area contributed by atoms with Crippen LogP contribution < -0.4 is 4.90 Å². The Morgan fingerprint density at radius 2 is 1.73 bits per heavy atom. The Morgan fingerprint density at radius 1 is 1.00 bits per heavy atom. The Labute approximate surface area is 155 Å². The summed E-state index contributed by atoms with van der Waals surface area (Å²) in [5.41, 5.74) is 1.56. The Hall–Kier alpha value is -2.87. The second-order valence-corrected chi connectivity index (χ2v) is 6.98. The van der Waals surface area contributed by atoms with E-state index in [0.717, 1.165) is 29.5 Å². The van der Waals surface area contributed by atoms with Crippen molar-refractivity contribution in [3.05, 3.63) is 53.4 Å². The van der Waals surface area contributed by atoms with Crippen LogP contribution in [0.5, 0.6) is 0 Å². The predicted molar refractivity (Wildman–Crippen MR) is 100 cm³/mol. The lowest BCUT2D eigenvalue weighted by atomic mass is 10.3. The molecule has 132 valence electrons. The third-order valence-corrected chi connectivity index (χ3v) is 5.44. The molecule has 26 heavy (non-hydrogen) atoms. The lowest BCUT2D eigenvalue weighted by molar-refractivity contribution is 0.0750. The molecule has 1 aliphatic rings. The Morgan fingerprint density at radius 3 is 2.42 bits per heavy atom. The van der Waals surface area contributed by atoms with Crippen molar-refractivity contribution in [1.29, 1.82) is 0 Å². The van der Waals surface area contributed by atoms with Crippen LogP contribution in [0.15, 0.2) is 42.9 Å². The topological polar surface area (TPSA) is 75.1 Å². The molecule has 0 unspecified atom stereocenters. The average Bonchev–Trinajstić information content (AvgIpc) is 3.10. The minimum Gasteiger partial charge on any atom is -0.337 e. The molecule has 0 radical (unpaired) electrons. The highest BCUT2D eigenvalue weighted by Gasteiger charge is 2.26. The SMILES string of the molecule is Cc1nc(-c2ccccn2)sc1C(=O)N1CCN(c2ncccn2)CC1. The largest absolute Gasteiger partial charge is 0.337 e. The first-order valence-corrected chi connectivity index (χ1v) is 9.24. The van der Waals surface area contributed by atoms with Gasteiger partial charge in [0.05, 0.1) is 11.4 Å². The summed E-state index contributed by atoms with van der Waals surface area (Å²) >= 11 is 1.41. The first-order valence-electron chi connectivity index (χ1n) is 8.42. The van der Waals surface area contributed by atoms with Crippen molar-refractivity contribution in [2.75, 3.05) is 31.1 Å². The van der Waals surface area contributed by atoms with Gasteiger partial charge in [-0.3, -0.25) is 9.78 Å². The van der Waals surface area contributed by atoms with E-state index in [-0.39, 0.29) is 5.91 Å². The van der Waals surface area contributed by atoms with Crippen molar-refractivity contribution in [1.82, 2.24) is 24.8 Å². The van der Waals surface area contributed by atoms with E-state index in [2.05, 4.69) is 24.8 Å². The van der Waals surface area contributed by atoms with Gasteiger partial charge in [0.15, 0.2) is 0 Å². The molecule has 0 atom stereocenters. The molecule has 1 amide bonds. The van der Waals surface area contributed by atoms with Gasteiger partial charge in [0.25, 0.3) is 5.91 Å². The molecule has 4 heterocycles. The van der Waals surface area contributed by atoms with Gasteiger partial charge in [0.2, 0.25) is 5.95 Å². The summed E-state index contributed by atoms with van der Waals surface area (Å²) in [7, 11) is 0. The van der Waals surface area contributed by atoms with Gasteiger partial charge in [-0.1, -0.05) is 6.07 Å². The summed E-state index contributed by atoms with van der Waals surface area (Å²) in [6.45, 7) is 4.62. The number of amides is 1. The zero-order valence-corrected chi connectivity index (χ0v) is 15.2. The zero-order chi connectivity index (χ0) is 17.9. The number of anilines is 1. The number of pyridine rings is 1. The number of aryl methyl sites for hydroxylation is 1. The number of hydrogen-bond donors (Lipinski definition) is 0. The van der Waals surface area contributed by atoms with E-state index in [0.29, 0.717) is 23.9 Å². The summed E-state index contributed by atoms with van der Waals surface area (Å²) in [6.07, 6.45) is 5.21. The molecule has 3 aromatic heterocycles. The fourth-order valence-corrected chi connectivity index (χ4v) is 3.91. The van der Waals surface area contributed by atoms with Gasteiger partial charge in [-0.2, -0.15) is 0 Å². The normalized spacial score (nSPS) is 14.5. The van der Waals surface area contributed by atoms with Crippen molar-refractivity contribution < 1.29 is 4.79 Å². The molecule has 8 heteroatoms. The Bertz CT molecular complexity index is 891. The molecule has 1 aliphatic heterocycles. The second kappa shape index (κ2) is 7.17. The average molecular weight is 366 g/mol. The van der Waals surface area contributed by atoms with Crippen molar-refractivity contribution in [3.8, 4) is 10.7 Å². The van der Waals surface area contributed by atoms with Gasteiger partial charge in [0, 0.05) is 44.8 Å². The summed E-state index contributed by atoms with van der Waals surface area (Å²) in [5, 5.41) is 0.780. The van der Waals surface area contributed by atoms with Gasteiger partial charge in [-0.15, -0.1) is 11.3 Å². The number of carbonyl (C=O) groups is 1. The number of piperazine rings is 1. The zero-order valence-electron chi connectivity index (χ0n) is 14.4. The van der Waals surface area contributed by atoms with Gasteiger partial charge in [0.1, 0.15) is 9.88 Å². The molecule has 0 saturated carbocycles. The van der Waals surface area contributed by atoms with Crippen molar-refractivity contribution >= 4 is 23.2 Å². The standard InChI is InChI=1S/C18H18N6OS/c1-13-15(26-16(22-13)14-5-2-3-6-19-14)17(25)23-9-11-24(12-10-23)18-20-7-4-8-21-18/h2-8H,9-12H2,1H3. The third-order valence-electron chi connectivity index (χ3n) is 4.28. The smallest absolute Gasteiger partial charge is 0.265 e. The maximum atomic E-state index is 12.9. The summed E-state index contributed by atoms with van der Waals surface area (Å²) in [4.78, 5) is 35.0. The molecule has 0 bridgehead atoms. The number of hydrogen-bond acceptors (Lipinski definition) is 7. The van der Waals surface area contributed by atoms with Crippen LogP contribution in [0.25, 0.3) is 10.7 Å². The van der Waals surface area contributed by atoms with E-state index in [1.54, 1.807) is 24.7 Å². The van der Waals surface area contributed by atoms with Gasteiger partial charge in [-0.05, 0) is 25.1 Å². The van der Waals surface area contributed by atoms with Gasteiger partial charge in [-0.25, -0.2) is 15.0 Å². The highest BCUT2D eigenvalue weighted by atomic mass is 32.1. The fourth-order valence-electron chi connectivity index (χ4n) is 2.90.